The van der Waals surface area contributed by atoms with Crippen LogP contribution >= 0.6 is 15.9 Å². The summed E-state index contributed by atoms with van der Waals surface area (Å²) in [5.41, 5.74) is 1.17. The molecule has 1 aliphatic heterocycles. The van der Waals surface area contributed by atoms with Crippen LogP contribution < -0.4 is 10.6 Å². The summed E-state index contributed by atoms with van der Waals surface area (Å²) in [6.07, 6.45) is 2.56. The number of carbonyl (C=O) groups excluding carboxylic acids is 1. The third-order valence-electron chi connectivity index (χ3n) is 4.08. The molecule has 1 aromatic carbocycles. The first kappa shape index (κ1) is 15.5. The highest BCUT2D eigenvalue weighted by Crippen LogP contribution is 2.23. The maximum atomic E-state index is 12.2. The Morgan fingerprint density at radius 3 is 2.55 bits per heavy atom. The van der Waals surface area contributed by atoms with Gasteiger partial charge in [-0.1, -0.05) is 35.0 Å². The molecule has 0 saturated carbocycles. The van der Waals surface area contributed by atoms with Crippen molar-refractivity contribution in [1.82, 2.24) is 10.6 Å². The molecule has 20 heavy (non-hydrogen) atoms. The Balaban J connectivity index is 1.89. The van der Waals surface area contributed by atoms with Gasteiger partial charge in [0.05, 0.1) is 0 Å². The van der Waals surface area contributed by atoms with Crippen LogP contribution in [0, 0.1) is 0 Å². The maximum absolute atomic E-state index is 12.2. The normalized spacial score (nSPS) is 19.4. The van der Waals surface area contributed by atoms with Gasteiger partial charge >= 0.3 is 0 Å². The highest BCUT2D eigenvalue weighted by Gasteiger charge is 2.28. The molecule has 2 N–H and O–H groups in total. The molecule has 0 aliphatic carbocycles. The summed E-state index contributed by atoms with van der Waals surface area (Å²) in [5.74, 6) is 0.401. The zero-order valence-corrected chi connectivity index (χ0v) is 13.8. The molecule has 0 bridgehead atoms. The Hall–Kier alpha value is -0.870. The van der Waals surface area contributed by atoms with Crippen molar-refractivity contribution in [2.24, 2.45) is 0 Å². The summed E-state index contributed by atoms with van der Waals surface area (Å²) in [7, 11) is 0. The fourth-order valence-corrected chi connectivity index (χ4v) is 2.94. The fraction of sp³-hybridized carbons (Fsp3) is 0.562. The van der Waals surface area contributed by atoms with Gasteiger partial charge in [-0.2, -0.15) is 0 Å². The van der Waals surface area contributed by atoms with Crippen LogP contribution in [0.2, 0.25) is 0 Å². The van der Waals surface area contributed by atoms with Gasteiger partial charge in [0.1, 0.15) is 0 Å². The van der Waals surface area contributed by atoms with E-state index >= 15 is 0 Å². The number of rotatable bonds is 4. The van der Waals surface area contributed by atoms with Gasteiger partial charge in [0.2, 0.25) is 5.91 Å². The van der Waals surface area contributed by atoms with Crippen LogP contribution in [0.4, 0.5) is 0 Å². The van der Waals surface area contributed by atoms with E-state index in [1.807, 2.05) is 12.1 Å². The van der Waals surface area contributed by atoms with Crippen LogP contribution in [0.1, 0.15) is 44.6 Å². The number of hydrogen-bond acceptors (Lipinski definition) is 2. The van der Waals surface area contributed by atoms with E-state index in [9.17, 15) is 4.79 Å². The molecule has 1 amide bonds. The van der Waals surface area contributed by atoms with Crippen LogP contribution in [-0.2, 0) is 4.79 Å². The van der Waals surface area contributed by atoms with Crippen molar-refractivity contribution in [2.45, 2.75) is 44.6 Å². The largest absolute Gasteiger partial charge is 0.351 e. The van der Waals surface area contributed by atoms with E-state index in [1.165, 1.54) is 5.56 Å². The van der Waals surface area contributed by atoms with Gasteiger partial charge in [-0.05, 0) is 56.5 Å². The molecule has 3 nitrogen and oxygen atoms in total. The van der Waals surface area contributed by atoms with Crippen LogP contribution in [0.15, 0.2) is 28.7 Å². The molecule has 4 heteroatoms. The Bertz CT molecular complexity index is 452. The lowest BCUT2D eigenvalue weighted by atomic mass is 9.89. The van der Waals surface area contributed by atoms with Gasteiger partial charge in [0.15, 0.2) is 0 Å². The Morgan fingerprint density at radius 2 is 1.95 bits per heavy atom. The topological polar surface area (TPSA) is 41.1 Å². The summed E-state index contributed by atoms with van der Waals surface area (Å²) in [5, 5.41) is 6.55. The minimum absolute atomic E-state index is 0.0399. The minimum Gasteiger partial charge on any atom is -0.351 e. The lowest BCUT2D eigenvalue weighted by Gasteiger charge is -2.35. The average Bonchev–Trinajstić information content (AvgIpc) is 2.39. The number of benzene rings is 1. The Kier molecular flexibility index (Phi) is 5.22. The predicted molar refractivity (Wildman–Crippen MR) is 85.8 cm³/mol. The quantitative estimate of drug-likeness (QED) is 0.885. The molecule has 0 spiro atoms. The van der Waals surface area contributed by atoms with Crippen molar-refractivity contribution in [3.63, 3.8) is 0 Å². The number of hydrogen-bond donors (Lipinski definition) is 2. The average molecular weight is 339 g/mol. The second-order valence-electron chi connectivity index (χ2n) is 6.02. The SMILES string of the molecule is CC(CC(=O)NC1(C)CCNCC1)c1ccc(Br)cc1. The number of carbonyl (C=O) groups is 1. The first-order valence-electron chi connectivity index (χ1n) is 7.26. The van der Waals surface area contributed by atoms with Gasteiger partial charge < -0.3 is 10.6 Å². The molecule has 1 aliphatic rings. The molecule has 2 rings (SSSR count). The smallest absolute Gasteiger partial charge is 0.221 e. The lowest BCUT2D eigenvalue weighted by Crippen LogP contribution is -2.52. The third-order valence-corrected chi connectivity index (χ3v) is 4.61. The van der Waals surface area contributed by atoms with E-state index in [2.05, 4.69) is 52.5 Å². The molecule has 1 fully saturated rings. The van der Waals surface area contributed by atoms with E-state index < -0.39 is 0 Å². The number of amides is 1. The number of nitrogens with one attached hydrogen (secondary N) is 2. The Morgan fingerprint density at radius 1 is 1.35 bits per heavy atom. The molecule has 1 heterocycles. The zero-order chi connectivity index (χ0) is 14.6. The zero-order valence-electron chi connectivity index (χ0n) is 12.2. The molecule has 1 aromatic rings. The first-order chi connectivity index (χ1) is 9.48. The molecular weight excluding hydrogens is 316 g/mol. The van der Waals surface area contributed by atoms with E-state index in [0.29, 0.717) is 6.42 Å². The summed E-state index contributed by atoms with van der Waals surface area (Å²) in [4.78, 5) is 12.2. The van der Waals surface area contributed by atoms with Crippen LogP contribution in [0.25, 0.3) is 0 Å². The molecule has 0 aromatic heterocycles. The van der Waals surface area contributed by atoms with E-state index in [0.717, 1.165) is 30.4 Å². The number of piperidine rings is 1. The van der Waals surface area contributed by atoms with Crippen LogP contribution in [0.5, 0.6) is 0 Å². The molecular formula is C16H23BrN2O. The highest BCUT2D eigenvalue weighted by atomic mass is 79.9. The molecule has 110 valence electrons. The van der Waals surface area contributed by atoms with E-state index in [1.54, 1.807) is 0 Å². The lowest BCUT2D eigenvalue weighted by molar-refractivity contribution is -0.123. The van der Waals surface area contributed by atoms with E-state index in [-0.39, 0.29) is 17.4 Å². The summed E-state index contributed by atoms with van der Waals surface area (Å²) in [6.45, 7) is 6.22. The molecule has 1 atom stereocenters. The summed E-state index contributed by atoms with van der Waals surface area (Å²) < 4.78 is 1.07. The van der Waals surface area contributed by atoms with Crippen molar-refractivity contribution in [1.29, 1.82) is 0 Å². The monoisotopic (exact) mass is 338 g/mol. The summed E-state index contributed by atoms with van der Waals surface area (Å²) >= 11 is 3.43. The molecule has 1 unspecified atom stereocenters. The predicted octanol–water partition coefficient (Wildman–Crippen LogP) is 3.20. The standard InChI is InChI=1S/C16H23BrN2O/c1-12(13-3-5-14(17)6-4-13)11-15(20)19-16(2)7-9-18-10-8-16/h3-6,12,18H,7-11H2,1-2H3,(H,19,20). The molecule has 0 radical (unpaired) electrons. The van der Waals surface area contributed by atoms with Gasteiger partial charge in [0.25, 0.3) is 0 Å². The number of halogens is 1. The fourth-order valence-electron chi connectivity index (χ4n) is 2.68. The minimum atomic E-state index is -0.0399. The van der Waals surface area contributed by atoms with Crippen molar-refractivity contribution >= 4 is 21.8 Å². The second-order valence-corrected chi connectivity index (χ2v) is 6.93. The van der Waals surface area contributed by atoms with Crippen molar-refractivity contribution in [3.05, 3.63) is 34.3 Å². The van der Waals surface area contributed by atoms with Crippen molar-refractivity contribution < 1.29 is 4.79 Å². The second kappa shape index (κ2) is 6.72. The van der Waals surface area contributed by atoms with Crippen molar-refractivity contribution in [2.75, 3.05) is 13.1 Å². The van der Waals surface area contributed by atoms with Gasteiger partial charge in [-0.3, -0.25) is 4.79 Å². The van der Waals surface area contributed by atoms with Crippen LogP contribution in [-0.4, -0.2) is 24.5 Å². The highest BCUT2D eigenvalue weighted by molar-refractivity contribution is 9.10. The molecule has 1 saturated heterocycles. The van der Waals surface area contributed by atoms with Gasteiger partial charge in [-0.25, -0.2) is 0 Å². The van der Waals surface area contributed by atoms with Gasteiger partial charge in [0, 0.05) is 16.4 Å². The maximum Gasteiger partial charge on any atom is 0.221 e. The summed E-state index contributed by atoms with van der Waals surface area (Å²) in [6, 6.07) is 8.21. The Labute approximate surface area is 129 Å². The van der Waals surface area contributed by atoms with Crippen molar-refractivity contribution in [3.8, 4) is 0 Å². The third kappa shape index (κ3) is 4.32. The van der Waals surface area contributed by atoms with Crippen LogP contribution in [0.3, 0.4) is 0 Å². The van der Waals surface area contributed by atoms with Gasteiger partial charge in [-0.15, -0.1) is 0 Å². The van der Waals surface area contributed by atoms with E-state index in [4.69, 9.17) is 0 Å². The first-order valence-corrected chi connectivity index (χ1v) is 8.05.